The van der Waals surface area contributed by atoms with Gasteiger partial charge >= 0.3 is 0 Å². The van der Waals surface area contributed by atoms with Gasteiger partial charge in [-0.25, -0.2) is 0 Å². The molecular formula is C31H38N2O5S. The molecule has 1 aromatic heterocycles. The van der Waals surface area contributed by atoms with E-state index >= 15 is 0 Å². The predicted octanol–water partition coefficient (Wildman–Crippen LogP) is 5.58. The molecule has 0 radical (unpaired) electrons. The summed E-state index contributed by atoms with van der Waals surface area (Å²) < 4.78 is 16.2. The fraction of sp³-hybridized carbons (Fsp3) is 0.419. The van der Waals surface area contributed by atoms with Crippen LogP contribution in [0.25, 0.3) is 0 Å². The van der Waals surface area contributed by atoms with Crippen LogP contribution in [0.3, 0.4) is 0 Å². The number of ether oxygens (including phenoxy) is 3. The lowest BCUT2D eigenvalue weighted by molar-refractivity contribution is -0.140. The molecule has 8 heteroatoms. The Balaban J connectivity index is 1.66. The predicted molar refractivity (Wildman–Crippen MR) is 154 cm³/mol. The molecule has 2 aromatic carbocycles. The molecule has 1 saturated carbocycles. The fourth-order valence-electron chi connectivity index (χ4n) is 5.13. The molecule has 0 spiro atoms. The van der Waals surface area contributed by atoms with Crippen LogP contribution in [-0.2, 0) is 22.4 Å². The van der Waals surface area contributed by atoms with E-state index in [0.29, 0.717) is 30.2 Å². The molecular weight excluding hydrogens is 512 g/mol. The van der Waals surface area contributed by atoms with Gasteiger partial charge in [-0.2, -0.15) is 0 Å². The summed E-state index contributed by atoms with van der Waals surface area (Å²) >= 11 is 1.55. The van der Waals surface area contributed by atoms with Gasteiger partial charge in [0.1, 0.15) is 11.8 Å². The fourth-order valence-corrected chi connectivity index (χ4v) is 5.83. The molecule has 208 valence electrons. The topological polar surface area (TPSA) is 77.1 Å². The number of thiophene rings is 1. The second-order valence-corrected chi connectivity index (χ2v) is 10.8. The molecule has 7 nitrogen and oxygen atoms in total. The summed E-state index contributed by atoms with van der Waals surface area (Å²) in [5.41, 5.74) is 1.75. The van der Waals surface area contributed by atoms with E-state index in [2.05, 4.69) is 5.32 Å². The lowest BCUT2D eigenvalue weighted by atomic mass is 9.94. The third kappa shape index (κ3) is 7.53. The van der Waals surface area contributed by atoms with Crippen molar-refractivity contribution < 1.29 is 23.8 Å². The van der Waals surface area contributed by atoms with Gasteiger partial charge in [-0.05, 0) is 66.1 Å². The first-order valence-corrected chi connectivity index (χ1v) is 14.4. The zero-order valence-corrected chi connectivity index (χ0v) is 23.8. The van der Waals surface area contributed by atoms with Crippen LogP contribution in [0.4, 0.5) is 0 Å². The van der Waals surface area contributed by atoms with Gasteiger partial charge in [0.15, 0.2) is 11.5 Å². The number of carbonyl (C=O) groups excluding carboxylic acids is 2. The van der Waals surface area contributed by atoms with Crippen molar-refractivity contribution in [1.82, 2.24) is 10.2 Å². The van der Waals surface area contributed by atoms with Crippen molar-refractivity contribution in [3.8, 4) is 17.2 Å². The van der Waals surface area contributed by atoms with Gasteiger partial charge in [-0.3, -0.25) is 9.59 Å². The first-order chi connectivity index (χ1) is 19.0. The second-order valence-electron chi connectivity index (χ2n) is 9.80. The summed E-state index contributed by atoms with van der Waals surface area (Å²) in [6.45, 7) is 0.370. The molecule has 1 aliphatic carbocycles. The number of methoxy groups -OCH3 is 3. The highest BCUT2D eigenvalue weighted by Crippen LogP contribution is 2.30. The largest absolute Gasteiger partial charge is 0.497 e. The molecule has 4 rings (SSSR count). The summed E-state index contributed by atoms with van der Waals surface area (Å²) in [4.78, 5) is 30.5. The first kappa shape index (κ1) is 28.5. The second kappa shape index (κ2) is 14.0. The van der Waals surface area contributed by atoms with Gasteiger partial charge in [0, 0.05) is 17.5 Å². The monoisotopic (exact) mass is 550 g/mol. The van der Waals surface area contributed by atoms with Crippen molar-refractivity contribution in [2.24, 2.45) is 0 Å². The molecule has 1 aliphatic rings. The summed E-state index contributed by atoms with van der Waals surface area (Å²) in [5, 5.41) is 5.24. The SMILES string of the molecule is COc1ccc([C@H](C(=O)NC2CCCCC2)N(CCc2ccc(OC)c(OC)c2)C(=O)Cc2cccs2)cc1. The van der Waals surface area contributed by atoms with Crippen molar-refractivity contribution in [1.29, 1.82) is 0 Å². The Labute approximate surface area is 235 Å². The molecule has 1 N–H and O–H groups in total. The minimum absolute atomic E-state index is 0.0856. The first-order valence-electron chi connectivity index (χ1n) is 13.5. The highest BCUT2D eigenvalue weighted by Gasteiger charge is 2.33. The summed E-state index contributed by atoms with van der Waals surface area (Å²) in [7, 11) is 4.82. The molecule has 0 unspecified atom stereocenters. The average Bonchev–Trinajstić information content (AvgIpc) is 3.48. The third-order valence-corrected chi connectivity index (χ3v) is 8.13. The van der Waals surface area contributed by atoms with Gasteiger partial charge in [-0.15, -0.1) is 11.3 Å². The van der Waals surface area contributed by atoms with Gasteiger partial charge in [-0.1, -0.05) is 43.5 Å². The Morgan fingerprint density at radius 1 is 0.949 bits per heavy atom. The van der Waals surface area contributed by atoms with E-state index in [-0.39, 0.29) is 24.3 Å². The van der Waals surface area contributed by atoms with Crippen molar-refractivity contribution >= 4 is 23.2 Å². The highest BCUT2D eigenvalue weighted by molar-refractivity contribution is 7.10. The van der Waals surface area contributed by atoms with Crippen LogP contribution < -0.4 is 19.5 Å². The lowest BCUT2D eigenvalue weighted by Crippen LogP contribution is -2.48. The third-order valence-electron chi connectivity index (χ3n) is 7.26. The van der Waals surface area contributed by atoms with Crippen LogP contribution in [0.15, 0.2) is 60.0 Å². The minimum Gasteiger partial charge on any atom is -0.497 e. The highest BCUT2D eigenvalue weighted by atomic mass is 32.1. The maximum absolute atomic E-state index is 13.9. The number of hydrogen-bond acceptors (Lipinski definition) is 6. The van der Waals surface area contributed by atoms with Crippen LogP contribution in [0.1, 0.15) is 54.1 Å². The average molecular weight is 551 g/mol. The molecule has 1 fully saturated rings. The Morgan fingerprint density at radius 2 is 1.69 bits per heavy atom. The van der Waals surface area contributed by atoms with Crippen LogP contribution in [0.5, 0.6) is 17.2 Å². The zero-order chi connectivity index (χ0) is 27.6. The molecule has 1 atom stereocenters. The molecule has 0 bridgehead atoms. The van der Waals surface area contributed by atoms with E-state index in [1.807, 2.05) is 60.0 Å². The molecule has 0 aliphatic heterocycles. The molecule has 1 heterocycles. The normalized spacial score (nSPS) is 14.3. The van der Waals surface area contributed by atoms with Gasteiger partial charge in [0.2, 0.25) is 11.8 Å². The maximum Gasteiger partial charge on any atom is 0.247 e. The number of hydrogen-bond donors (Lipinski definition) is 1. The van der Waals surface area contributed by atoms with Crippen LogP contribution >= 0.6 is 11.3 Å². The van der Waals surface area contributed by atoms with Gasteiger partial charge < -0.3 is 24.4 Å². The van der Waals surface area contributed by atoms with Crippen molar-refractivity contribution in [2.75, 3.05) is 27.9 Å². The van der Waals surface area contributed by atoms with E-state index in [4.69, 9.17) is 14.2 Å². The van der Waals surface area contributed by atoms with E-state index in [1.54, 1.807) is 37.6 Å². The number of nitrogens with one attached hydrogen (secondary N) is 1. The number of rotatable bonds is 12. The standard InChI is InChI=1S/C31H38N2O5S/c1-36-25-14-12-23(13-15-25)30(31(35)32-24-8-5-4-6-9-24)33(29(34)21-26-10-7-19-39-26)18-17-22-11-16-27(37-2)28(20-22)38-3/h7,10-16,19-20,24,30H,4-6,8-9,17-18,21H2,1-3H3,(H,32,35)/t30-/m1/s1. The molecule has 0 saturated heterocycles. The maximum atomic E-state index is 13.9. The van der Waals surface area contributed by atoms with Crippen LogP contribution in [0.2, 0.25) is 0 Å². The Kier molecular flexibility index (Phi) is 10.3. The quantitative estimate of drug-likeness (QED) is 0.319. The summed E-state index contributed by atoms with van der Waals surface area (Å²) in [5.74, 6) is 1.76. The molecule has 3 aromatic rings. The van der Waals surface area contributed by atoms with Crippen molar-refractivity contribution in [2.45, 2.75) is 57.0 Å². The van der Waals surface area contributed by atoms with E-state index in [0.717, 1.165) is 41.7 Å². The number of benzene rings is 2. The summed E-state index contributed by atoms with van der Waals surface area (Å²) in [6.07, 6.45) is 6.15. The number of carbonyl (C=O) groups is 2. The van der Waals surface area contributed by atoms with E-state index < -0.39 is 6.04 Å². The Hall–Kier alpha value is -3.52. The summed E-state index contributed by atoms with van der Waals surface area (Å²) in [6, 6.07) is 16.5. The molecule has 39 heavy (non-hydrogen) atoms. The number of amides is 2. The van der Waals surface area contributed by atoms with Crippen molar-refractivity contribution in [3.63, 3.8) is 0 Å². The Bertz CT molecular complexity index is 1210. The lowest BCUT2D eigenvalue weighted by Gasteiger charge is -2.33. The Morgan fingerprint density at radius 3 is 2.33 bits per heavy atom. The van der Waals surface area contributed by atoms with Crippen molar-refractivity contribution in [3.05, 3.63) is 76.0 Å². The zero-order valence-electron chi connectivity index (χ0n) is 23.0. The van der Waals surface area contributed by atoms with Crippen LogP contribution in [-0.4, -0.2) is 50.6 Å². The van der Waals surface area contributed by atoms with Crippen LogP contribution in [0, 0.1) is 0 Å². The van der Waals surface area contributed by atoms with E-state index in [9.17, 15) is 9.59 Å². The van der Waals surface area contributed by atoms with Gasteiger partial charge in [0.25, 0.3) is 0 Å². The minimum atomic E-state index is -0.759. The molecule has 2 amide bonds. The smallest absolute Gasteiger partial charge is 0.247 e. The van der Waals surface area contributed by atoms with E-state index in [1.165, 1.54) is 6.42 Å². The van der Waals surface area contributed by atoms with Gasteiger partial charge in [0.05, 0.1) is 27.8 Å². The number of nitrogens with zero attached hydrogens (tertiary/aromatic N) is 1.